The Morgan fingerprint density at radius 2 is 2.24 bits per heavy atom. The molecule has 2 aromatic rings. The van der Waals surface area contributed by atoms with Crippen molar-refractivity contribution in [3.8, 4) is 10.7 Å². The Hall–Kier alpha value is -0.970. The van der Waals surface area contributed by atoms with Gasteiger partial charge in [0.2, 0.25) is 0 Å². The molecule has 0 fully saturated rings. The minimum atomic E-state index is 0.290. The Balaban J connectivity index is 1.99. The standard InChI is InChI=1S/C16H20ClN3S/c1-4-18-12-7-16(2,3)8-13-14(12)21-15(20-13)11-6-5-10(17)9-19-11/h5-6,9,12,18H,4,7-8H2,1-3H3. The first-order chi connectivity index (χ1) is 9.98. The van der Waals surface area contributed by atoms with E-state index in [0.29, 0.717) is 16.5 Å². The lowest BCUT2D eigenvalue weighted by atomic mass is 9.76. The van der Waals surface area contributed by atoms with Crippen molar-refractivity contribution in [3.63, 3.8) is 0 Å². The van der Waals surface area contributed by atoms with E-state index in [9.17, 15) is 0 Å². The first-order valence-electron chi connectivity index (χ1n) is 7.33. The lowest BCUT2D eigenvalue weighted by Gasteiger charge is -2.34. The summed E-state index contributed by atoms with van der Waals surface area (Å²) >= 11 is 7.68. The molecule has 5 heteroatoms. The second-order valence-electron chi connectivity index (χ2n) is 6.35. The Morgan fingerprint density at radius 1 is 1.43 bits per heavy atom. The summed E-state index contributed by atoms with van der Waals surface area (Å²) in [6, 6.07) is 4.23. The van der Waals surface area contributed by atoms with Gasteiger partial charge in [-0.3, -0.25) is 4.98 Å². The molecule has 1 unspecified atom stereocenters. The van der Waals surface area contributed by atoms with Crippen molar-refractivity contribution in [1.82, 2.24) is 15.3 Å². The summed E-state index contributed by atoms with van der Waals surface area (Å²) in [4.78, 5) is 10.6. The van der Waals surface area contributed by atoms with Gasteiger partial charge in [0, 0.05) is 17.1 Å². The van der Waals surface area contributed by atoms with Crippen LogP contribution in [0.25, 0.3) is 10.7 Å². The van der Waals surface area contributed by atoms with Crippen molar-refractivity contribution in [1.29, 1.82) is 0 Å². The smallest absolute Gasteiger partial charge is 0.142 e. The molecule has 112 valence electrons. The quantitative estimate of drug-likeness (QED) is 0.905. The number of hydrogen-bond acceptors (Lipinski definition) is 4. The van der Waals surface area contributed by atoms with E-state index in [2.05, 4.69) is 31.1 Å². The summed E-state index contributed by atoms with van der Waals surface area (Å²) in [7, 11) is 0. The van der Waals surface area contributed by atoms with Gasteiger partial charge in [0.25, 0.3) is 0 Å². The highest BCUT2D eigenvalue weighted by Crippen LogP contribution is 2.44. The van der Waals surface area contributed by atoms with Crippen LogP contribution in [-0.4, -0.2) is 16.5 Å². The summed E-state index contributed by atoms with van der Waals surface area (Å²) in [5.74, 6) is 0. The van der Waals surface area contributed by atoms with Crippen molar-refractivity contribution in [3.05, 3.63) is 33.9 Å². The van der Waals surface area contributed by atoms with Gasteiger partial charge in [-0.05, 0) is 36.9 Å². The lowest BCUT2D eigenvalue weighted by Crippen LogP contribution is -2.32. The molecule has 1 aliphatic rings. The van der Waals surface area contributed by atoms with Crippen molar-refractivity contribution < 1.29 is 0 Å². The van der Waals surface area contributed by atoms with Crippen molar-refractivity contribution in [2.24, 2.45) is 5.41 Å². The molecule has 3 nitrogen and oxygen atoms in total. The van der Waals surface area contributed by atoms with Crippen LogP contribution in [0.4, 0.5) is 0 Å². The normalized spacial score (nSPS) is 20.3. The van der Waals surface area contributed by atoms with Gasteiger partial charge < -0.3 is 5.32 Å². The third kappa shape index (κ3) is 3.12. The molecule has 0 radical (unpaired) electrons. The van der Waals surface area contributed by atoms with Crippen LogP contribution in [0, 0.1) is 5.41 Å². The molecule has 0 amide bonds. The summed E-state index contributed by atoms with van der Waals surface area (Å²) in [6.07, 6.45) is 3.88. The average Bonchev–Trinajstić information content (AvgIpc) is 2.82. The maximum absolute atomic E-state index is 5.91. The first kappa shape index (κ1) is 14.9. The molecular weight excluding hydrogens is 302 g/mol. The van der Waals surface area contributed by atoms with E-state index in [1.165, 1.54) is 10.6 Å². The molecule has 1 atom stereocenters. The number of rotatable bonds is 3. The number of halogens is 1. The molecule has 0 aliphatic heterocycles. The molecule has 2 aromatic heterocycles. The second kappa shape index (κ2) is 5.67. The molecule has 0 aromatic carbocycles. The number of nitrogens with zero attached hydrogens (tertiary/aromatic N) is 2. The van der Waals surface area contributed by atoms with Crippen LogP contribution in [0.5, 0.6) is 0 Å². The number of hydrogen-bond donors (Lipinski definition) is 1. The topological polar surface area (TPSA) is 37.8 Å². The Kier molecular flexibility index (Phi) is 4.04. The molecule has 0 saturated heterocycles. The van der Waals surface area contributed by atoms with Crippen LogP contribution in [0.2, 0.25) is 5.02 Å². The molecule has 0 saturated carbocycles. The van der Waals surface area contributed by atoms with Gasteiger partial charge >= 0.3 is 0 Å². The molecule has 1 aliphatic carbocycles. The molecule has 21 heavy (non-hydrogen) atoms. The Bertz CT molecular complexity index is 633. The molecule has 2 heterocycles. The van der Waals surface area contributed by atoms with Gasteiger partial charge in [-0.2, -0.15) is 0 Å². The number of nitrogens with one attached hydrogen (secondary N) is 1. The van der Waals surface area contributed by atoms with Crippen LogP contribution in [0.3, 0.4) is 0 Å². The van der Waals surface area contributed by atoms with Crippen molar-refractivity contribution in [2.75, 3.05) is 6.54 Å². The van der Waals surface area contributed by atoms with E-state index < -0.39 is 0 Å². The number of pyridine rings is 1. The molecule has 0 spiro atoms. The predicted molar refractivity (Wildman–Crippen MR) is 88.9 cm³/mol. The maximum Gasteiger partial charge on any atom is 0.142 e. The summed E-state index contributed by atoms with van der Waals surface area (Å²) in [5.41, 5.74) is 2.43. The first-order valence-corrected chi connectivity index (χ1v) is 8.53. The molecule has 1 N–H and O–H groups in total. The second-order valence-corrected chi connectivity index (χ2v) is 7.81. The van der Waals surface area contributed by atoms with Crippen LogP contribution in [0.15, 0.2) is 18.3 Å². The average molecular weight is 322 g/mol. The van der Waals surface area contributed by atoms with Crippen LogP contribution in [0.1, 0.15) is 43.8 Å². The van der Waals surface area contributed by atoms with Gasteiger partial charge in [0.05, 0.1) is 16.4 Å². The van der Waals surface area contributed by atoms with Crippen molar-refractivity contribution in [2.45, 2.75) is 39.7 Å². The fraction of sp³-hybridized carbons (Fsp3) is 0.500. The minimum Gasteiger partial charge on any atom is -0.309 e. The zero-order valence-electron chi connectivity index (χ0n) is 12.6. The van der Waals surface area contributed by atoms with E-state index in [1.54, 1.807) is 17.5 Å². The predicted octanol–water partition coefficient (Wildman–Crippen LogP) is 4.48. The van der Waals surface area contributed by atoms with Gasteiger partial charge in [0.1, 0.15) is 5.01 Å². The van der Waals surface area contributed by atoms with Gasteiger partial charge in [-0.15, -0.1) is 11.3 Å². The maximum atomic E-state index is 5.91. The van der Waals surface area contributed by atoms with Crippen molar-refractivity contribution >= 4 is 22.9 Å². The third-order valence-electron chi connectivity index (χ3n) is 3.84. The fourth-order valence-corrected chi connectivity index (χ4v) is 4.20. The SMILES string of the molecule is CCNC1CC(C)(C)Cc2nc(-c3ccc(Cl)cn3)sc21. The minimum absolute atomic E-state index is 0.290. The highest BCUT2D eigenvalue weighted by Gasteiger charge is 2.34. The summed E-state index contributed by atoms with van der Waals surface area (Å²) < 4.78 is 0. The van der Waals surface area contributed by atoms with Gasteiger partial charge in [0.15, 0.2) is 0 Å². The van der Waals surface area contributed by atoms with E-state index in [1.807, 2.05) is 12.1 Å². The number of thiazole rings is 1. The van der Waals surface area contributed by atoms with Gasteiger partial charge in [-0.25, -0.2) is 4.98 Å². The van der Waals surface area contributed by atoms with E-state index in [4.69, 9.17) is 16.6 Å². The van der Waals surface area contributed by atoms with E-state index in [0.717, 1.165) is 30.1 Å². The molecule has 3 rings (SSSR count). The molecular formula is C16H20ClN3S. The zero-order valence-corrected chi connectivity index (χ0v) is 14.2. The van der Waals surface area contributed by atoms with E-state index in [-0.39, 0.29) is 0 Å². The summed E-state index contributed by atoms with van der Waals surface area (Å²) in [6.45, 7) is 7.77. The monoisotopic (exact) mass is 321 g/mol. The van der Waals surface area contributed by atoms with Crippen LogP contribution < -0.4 is 5.32 Å². The van der Waals surface area contributed by atoms with E-state index >= 15 is 0 Å². The third-order valence-corrected chi connectivity index (χ3v) is 5.30. The largest absolute Gasteiger partial charge is 0.309 e. The number of fused-ring (bicyclic) bond motifs is 1. The molecule has 0 bridgehead atoms. The fourth-order valence-electron chi connectivity index (χ4n) is 2.96. The lowest BCUT2D eigenvalue weighted by molar-refractivity contribution is 0.260. The summed E-state index contributed by atoms with van der Waals surface area (Å²) in [5, 5.41) is 5.26. The van der Waals surface area contributed by atoms with Crippen LogP contribution in [-0.2, 0) is 6.42 Å². The van der Waals surface area contributed by atoms with Crippen LogP contribution >= 0.6 is 22.9 Å². The van der Waals surface area contributed by atoms with Gasteiger partial charge in [-0.1, -0.05) is 32.4 Å². The Labute approximate surface area is 134 Å². The Morgan fingerprint density at radius 3 is 2.90 bits per heavy atom. The highest BCUT2D eigenvalue weighted by molar-refractivity contribution is 7.15. The highest BCUT2D eigenvalue weighted by atomic mass is 35.5. The zero-order chi connectivity index (χ0) is 15.0. The number of aromatic nitrogens is 2.